The summed E-state index contributed by atoms with van der Waals surface area (Å²) in [6.07, 6.45) is 3.05. The molecule has 1 aliphatic heterocycles. The van der Waals surface area contributed by atoms with Crippen LogP contribution < -0.4 is 16.0 Å². The fourth-order valence-electron chi connectivity index (χ4n) is 4.23. The van der Waals surface area contributed by atoms with Gasteiger partial charge in [-0.15, -0.1) is 0 Å². The van der Waals surface area contributed by atoms with Crippen molar-refractivity contribution in [2.24, 2.45) is 5.73 Å². The zero-order valence-corrected chi connectivity index (χ0v) is 18.5. The predicted octanol–water partition coefficient (Wildman–Crippen LogP) is 3.34. The summed E-state index contributed by atoms with van der Waals surface area (Å²) in [4.78, 5) is 26.3. The number of anilines is 2. The molecule has 0 unspecified atom stereocenters. The number of aliphatic hydroxyl groups is 1. The van der Waals surface area contributed by atoms with E-state index >= 15 is 0 Å². The summed E-state index contributed by atoms with van der Waals surface area (Å²) in [5.41, 5.74) is 9.74. The lowest BCUT2D eigenvalue weighted by atomic mass is 10.1. The minimum absolute atomic E-state index is 0.186. The van der Waals surface area contributed by atoms with Crippen molar-refractivity contribution in [3.05, 3.63) is 84.1 Å². The first-order valence-electron chi connectivity index (χ1n) is 11.2. The van der Waals surface area contributed by atoms with E-state index in [2.05, 4.69) is 15.3 Å². The number of benzene rings is 3. The maximum Gasteiger partial charge on any atom is 0.255 e. The third kappa shape index (κ3) is 4.35. The molecule has 5 rings (SSSR count). The molecule has 1 aliphatic rings. The molecule has 8 nitrogen and oxygen atoms in total. The minimum atomic E-state index is -0.474. The van der Waals surface area contributed by atoms with Gasteiger partial charge in [0.05, 0.1) is 23.5 Å². The van der Waals surface area contributed by atoms with Gasteiger partial charge in [0, 0.05) is 41.0 Å². The van der Waals surface area contributed by atoms with E-state index in [4.69, 9.17) is 5.73 Å². The second-order valence-corrected chi connectivity index (χ2v) is 8.46. The summed E-state index contributed by atoms with van der Waals surface area (Å²) in [6.45, 7) is 1.63. The maximum absolute atomic E-state index is 12.8. The van der Waals surface area contributed by atoms with E-state index in [1.165, 1.54) is 0 Å². The molecule has 1 fully saturated rings. The second-order valence-electron chi connectivity index (χ2n) is 8.46. The van der Waals surface area contributed by atoms with Crippen LogP contribution in [0.15, 0.2) is 72.9 Å². The van der Waals surface area contributed by atoms with Gasteiger partial charge in [0.2, 0.25) is 5.91 Å². The quantitative estimate of drug-likeness (QED) is 0.427. The van der Waals surface area contributed by atoms with E-state index in [1.54, 1.807) is 35.1 Å². The Morgan fingerprint density at radius 2 is 1.56 bits per heavy atom. The van der Waals surface area contributed by atoms with Crippen LogP contribution in [0.4, 0.5) is 11.4 Å². The molecule has 2 heterocycles. The number of primary amides is 1. The molecular weight excluding hydrogens is 430 g/mol. The smallest absolute Gasteiger partial charge is 0.255 e. The molecule has 172 valence electrons. The van der Waals surface area contributed by atoms with Crippen LogP contribution in [0.5, 0.6) is 0 Å². The Morgan fingerprint density at radius 3 is 2.24 bits per heavy atom. The van der Waals surface area contributed by atoms with Crippen molar-refractivity contribution in [1.29, 1.82) is 0 Å². The Balaban J connectivity index is 1.29. The fraction of sp³-hybridized carbons (Fsp3) is 0.192. The van der Waals surface area contributed by atoms with Crippen LogP contribution in [0.1, 0.15) is 33.6 Å². The van der Waals surface area contributed by atoms with Crippen LogP contribution in [0.25, 0.3) is 16.6 Å². The molecule has 4 aromatic rings. The molecule has 34 heavy (non-hydrogen) atoms. The van der Waals surface area contributed by atoms with Crippen molar-refractivity contribution >= 4 is 34.1 Å². The summed E-state index contributed by atoms with van der Waals surface area (Å²) in [6, 6.07) is 20.1. The summed E-state index contributed by atoms with van der Waals surface area (Å²) in [7, 11) is 0. The van der Waals surface area contributed by atoms with E-state index in [9.17, 15) is 14.7 Å². The SMILES string of the molecule is NC(=O)c1ccc(-n2ncc3cc(NC(=O)c4ccc(N5CCC(O)CC5)cc4)ccc32)cc1. The van der Waals surface area contributed by atoms with Gasteiger partial charge in [-0.2, -0.15) is 5.10 Å². The van der Waals surface area contributed by atoms with E-state index in [0.717, 1.165) is 48.2 Å². The van der Waals surface area contributed by atoms with Crippen molar-refractivity contribution in [3.63, 3.8) is 0 Å². The molecule has 2 amide bonds. The van der Waals surface area contributed by atoms with Crippen LogP contribution in [0.3, 0.4) is 0 Å². The highest BCUT2D eigenvalue weighted by molar-refractivity contribution is 6.05. The molecule has 0 saturated carbocycles. The molecule has 1 aromatic heterocycles. The number of carbonyl (C=O) groups is 2. The molecule has 1 saturated heterocycles. The highest BCUT2D eigenvalue weighted by Crippen LogP contribution is 2.24. The van der Waals surface area contributed by atoms with Gasteiger partial charge in [-0.3, -0.25) is 9.59 Å². The van der Waals surface area contributed by atoms with Crippen LogP contribution in [0, 0.1) is 0 Å². The number of nitrogens with zero attached hydrogens (tertiary/aromatic N) is 3. The van der Waals surface area contributed by atoms with Crippen molar-refractivity contribution in [2.45, 2.75) is 18.9 Å². The first-order chi connectivity index (χ1) is 16.5. The first kappa shape index (κ1) is 21.7. The van der Waals surface area contributed by atoms with E-state index in [1.807, 2.05) is 42.5 Å². The molecule has 0 aliphatic carbocycles. The molecule has 4 N–H and O–H groups in total. The maximum atomic E-state index is 12.8. The largest absolute Gasteiger partial charge is 0.393 e. The standard InChI is InChI=1S/C26H25N5O3/c27-25(33)17-1-8-22(9-2-17)31-24-10-5-20(15-19(24)16-28-31)29-26(34)18-3-6-21(7-4-18)30-13-11-23(32)12-14-30/h1-10,15-16,23,32H,11-14H2,(H2,27,33)(H,29,34). The number of aromatic nitrogens is 2. The number of nitrogens with two attached hydrogens (primary N) is 1. The minimum Gasteiger partial charge on any atom is -0.393 e. The number of amides is 2. The average molecular weight is 456 g/mol. The third-order valence-corrected chi connectivity index (χ3v) is 6.18. The Kier molecular flexibility index (Phi) is 5.73. The Morgan fingerprint density at radius 1 is 0.912 bits per heavy atom. The predicted molar refractivity (Wildman–Crippen MR) is 131 cm³/mol. The van der Waals surface area contributed by atoms with Crippen LogP contribution in [-0.4, -0.2) is 45.9 Å². The molecular formula is C26H25N5O3. The lowest BCUT2D eigenvalue weighted by Gasteiger charge is -2.31. The van der Waals surface area contributed by atoms with Crippen molar-refractivity contribution in [3.8, 4) is 5.69 Å². The zero-order chi connectivity index (χ0) is 23.7. The Labute approximate surface area is 196 Å². The number of hydrogen-bond donors (Lipinski definition) is 3. The van der Waals surface area contributed by atoms with Gasteiger partial charge in [-0.1, -0.05) is 0 Å². The highest BCUT2D eigenvalue weighted by atomic mass is 16.3. The van der Waals surface area contributed by atoms with Gasteiger partial charge >= 0.3 is 0 Å². The fourth-order valence-corrected chi connectivity index (χ4v) is 4.23. The molecule has 0 spiro atoms. The third-order valence-electron chi connectivity index (χ3n) is 6.18. The lowest BCUT2D eigenvalue weighted by molar-refractivity contribution is 0.0997. The molecule has 8 heteroatoms. The second kappa shape index (κ2) is 8.99. The zero-order valence-electron chi connectivity index (χ0n) is 18.5. The average Bonchev–Trinajstić information content (AvgIpc) is 3.28. The van der Waals surface area contributed by atoms with E-state index in [0.29, 0.717) is 16.8 Å². The molecule has 0 radical (unpaired) electrons. The van der Waals surface area contributed by atoms with Gasteiger partial charge in [0.15, 0.2) is 0 Å². The van der Waals surface area contributed by atoms with Crippen molar-refractivity contribution < 1.29 is 14.7 Å². The highest BCUT2D eigenvalue weighted by Gasteiger charge is 2.17. The molecule has 3 aromatic carbocycles. The number of fused-ring (bicyclic) bond motifs is 1. The van der Waals surface area contributed by atoms with Gasteiger partial charge in [0.25, 0.3) is 5.91 Å². The Hall–Kier alpha value is -4.17. The van der Waals surface area contributed by atoms with E-state index < -0.39 is 5.91 Å². The monoisotopic (exact) mass is 455 g/mol. The van der Waals surface area contributed by atoms with Gasteiger partial charge in [-0.25, -0.2) is 4.68 Å². The van der Waals surface area contributed by atoms with Gasteiger partial charge in [-0.05, 0) is 79.6 Å². The number of rotatable bonds is 5. The number of carbonyl (C=O) groups excluding carboxylic acids is 2. The molecule has 0 atom stereocenters. The van der Waals surface area contributed by atoms with Gasteiger partial charge < -0.3 is 21.1 Å². The lowest BCUT2D eigenvalue weighted by Crippen LogP contribution is -2.35. The molecule has 0 bridgehead atoms. The number of aliphatic hydroxyl groups excluding tert-OH is 1. The summed E-state index contributed by atoms with van der Waals surface area (Å²) in [5, 5.41) is 18.0. The Bertz CT molecular complexity index is 1340. The van der Waals surface area contributed by atoms with Gasteiger partial charge in [0.1, 0.15) is 0 Å². The summed E-state index contributed by atoms with van der Waals surface area (Å²) in [5.74, 6) is -0.660. The summed E-state index contributed by atoms with van der Waals surface area (Å²) >= 11 is 0. The summed E-state index contributed by atoms with van der Waals surface area (Å²) < 4.78 is 1.77. The van der Waals surface area contributed by atoms with Crippen molar-refractivity contribution in [2.75, 3.05) is 23.3 Å². The van der Waals surface area contributed by atoms with Crippen molar-refractivity contribution in [1.82, 2.24) is 9.78 Å². The normalized spacial score (nSPS) is 14.3. The first-order valence-corrected chi connectivity index (χ1v) is 11.2. The number of nitrogens with one attached hydrogen (secondary N) is 1. The number of hydrogen-bond acceptors (Lipinski definition) is 5. The van der Waals surface area contributed by atoms with Crippen LogP contribution >= 0.6 is 0 Å². The van der Waals surface area contributed by atoms with Crippen LogP contribution in [0.2, 0.25) is 0 Å². The topological polar surface area (TPSA) is 113 Å². The van der Waals surface area contributed by atoms with E-state index in [-0.39, 0.29) is 12.0 Å². The van der Waals surface area contributed by atoms with Crippen LogP contribution in [-0.2, 0) is 0 Å². The number of piperidine rings is 1.